The van der Waals surface area contributed by atoms with Crippen LogP contribution in [0.2, 0.25) is 0 Å². The largest absolute Gasteiger partial charge is 0.207 e. The maximum Gasteiger partial charge on any atom is 0.143 e. The van der Waals surface area contributed by atoms with Crippen LogP contribution in [0.5, 0.6) is 0 Å². The fraction of sp³-hybridized carbons (Fsp3) is 0.0370. The summed E-state index contributed by atoms with van der Waals surface area (Å²) in [5.74, 6) is 7.86. The molecular formula is C27H14F4. The second-order valence-electron chi connectivity index (χ2n) is 7.00. The predicted octanol–water partition coefficient (Wildman–Crippen LogP) is 6.50. The Hall–Kier alpha value is -4.02. The van der Waals surface area contributed by atoms with Crippen LogP contribution in [0, 0.1) is 53.9 Å². The van der Waals surface area contributed by atoms with Gasteiger partial charge in [0, 0.05) is 11.1 Å². The Labute approximate surface area is 177 Å². The monoisotopic (exact) mass is 414 g/mol. The molecule has 4 rings (SSSR count). The molecular weight excluding hydrogens is 400 g/mol. The third-order valence-corrected chi connectivity index (χ3v) is 4.64. The van der Waals surface area contributed by atoms with Crippen LogP contribution in [0.15, 0.2) is 66.7 Å². The van der Waals surface area contributed by atoms with Gasteiger partial charge >= 0.3 is 0 Å². The van der Waals surface area contributed by atoms with Crippen molar-refractivity contribution in [2.45, 2.75) is 6.92 Å². The van der Waals surface area contributed by atoms with Crippen molar-refractivity contribution in [2.75, 3.05) is 0 Å². The Morgan fingerprint density at radius 2 is 1.23 bits per heavy atom. The molecule has 31 heavy (non-hydrogen) atoms. The number of fused-ring (bicyclic) bond motifs is 1. The second-order valence-corrected chi connectivity index (χ2v) is 7.00. The van der Waals surface area contributed by atoms with Gasteiger partial charge in [-0.05, 0) is 71.8 Å². The third-order valence-electron chi connectivity index (χ3n) is 4.64. The van der Waals surface area contributed by atoms with Crippen molar-refractivity contribution in [1.82, 2.24) is 0 Å². The smallest absolute Gasteiger partial charge is 0.143 e. The van der Waals surface area contributed by atoms with Gasteiger partial charge in [0.05, 0.1) is 11.1 Å². The maximum absolute atomic E-state index is 14.4. The van der Waals surface area contributed by atoms with Gasteiger partial charge in [-0.25, -0.2) is 17.6 Å². The zero-order valence-electron chi connectivity index (χ0n) is 16.4. The highest BCUT2D eigenvalue weighted by Crippen LogP contribution is 2.18. The van der Waals surface area contributed by atoms with Crippen LogP contribution in [-0.2, 0) is 0 Å². The number of hydrogen-bond donors (Lipinski definition) is 0. The van der Waals surface area contributed by atoms with Crippen molar-refractivity contribution in [1.29, 1.82) is 0 Å². The molecule has 0 fully saturated rings. The SMILES string of the molecule is Cc1ccc(C#Cc2cc(F)c(C#Cc3ccc4cc(F)ccc4c3)c(F)c2)c(F)c1. The summed E-state index contributed by atoms with van der Waals surface area (Å²) in [6.07, 6.45) is 0. The highest BCUT2D eigenvalue weighted by molar-refractivity contribution is 5.84. The van der Waals surface area contributed by atoms with Gasteiger partial charge in [-0.15, -0.1) is 0 Å². The normalized spacial score (nSPS) is 10.2. The molecule has 0 N–H and O–H groups in total. The van der Waals surface area contributed by atoms with Crippen molar-refractivity contribution in [3.8, 4) is 23.7 Å². The average Bonchev–Trinajstić information content (AvgIpc) is 2.72. The van der Waals surface area contributed by atoms with Crippen molar-refractivity contribution in [3.63, 3.8) is 0 Å². The molecule has 0 bridgehead atoms. The molecule has 0 spiro atoms. The van der Waals surface area contributed by atoms with Gasteiger partial charge in [0.25, 0.3) is 0 Å². The van der Waals surface area contributed by atoms with E-state index in [1.807, 2.05) is 0 Å². The molecule has 0 radical (unpaired) electrons. The van der Waals surface area contributed by atoms with Gasteiger partial charge in [-0.2, -0.15) is 0 Å². The summed E-state index contributed by atoms with van der Waals surface area (Å²) < 4.78 is 56.0. The number of aryl methyl sites for hydroxylation is 1. The molecule has 150 valence electrons. The average molecular weight is 414 g/mol. The van der Waals surface area contributed by atoms with E-state index in [1.165, 1.54) is 24.3 Å². The molecule has 0 heterocycles. The molecule has 4 heteroatoms. The molecule has 0 saturated heterocycles. The lowest BCUT2D eigenvalue weighted by Gasteiger charge is -2.00. The molecule has 0 aliphatic heterocycles. The van der Waals surface area contributed by atoms with Crippen LogP contribution in [0.4, 0.5) is 17.6 Å². The minimum atomic E-state index is -0.857. The van der Waals surface area contributed by atoms with E-state index in [1.54, 1.807) is 37.3 Å². The Bertz CT molecular complexity index is 1420. The second kappa shape index (κ2) is 8.38. The van der Waals surface area contributed by atoms with Gasteiger partial charge in [0.15, 0.2) is 0 Å². The molecule has 0 aromatic heterocycles. The molecule has 0 aliphatic rings. The number of benzene rings is 4. The predicted molar refractivity (Wildman–Crippen MR) is 113 cm³/mol. The molecule has 0 saturated carbocycles. The molecule has 0 nitrogen and oxygen atoms in total. The van der Waals surface area contributed by atoms with Gasteiger partial charge in [-0.3, -0.25) is 0 Å². The van der Waals surface area contributed by atoms with E-state index < -0.39 is 17.5 Å². The highest BCUT2D eigenvalue weighted by atomic mass is 19.1. The van der Waals surface area contributed by atoms with E-state index >= 15 is 0 Å². The standard InChI is InChI=1S/C27H14F4/c1-17-2-6-20(25(29)12-17)7-4-19-14-26(30)24(27(31)15-19)11-5-18-3-8-22-16-23(28)10-9-21(22)13-18/h2-3,6,8-10,12-16H,1H3. The summed E-state index contributed by atoms with van der Waals surface area (Å²) in [5, 5.41) is 1.47. The van der Waals surface area contributed by atoms with Crippen molar-refractivity contribution >= 4 is 10.8 Å². The van der Waals surface area contributed by atoms with Crippen molar-refractivity contribution in [2.24, 2.45) is 0 Å². The summed E-state index contributed by atoms with van der Waals surface area (Å²) in [7, 11) is 0. The Morgan fingerprint density at radius 1 is 0.548 bits per heavy atom. The summed E-state index contributed by atoms with van der Waals surface area (Å²) in [6, 6.07) is 16.1. The molecule has 0 aliphatic carbocycles. The lowest BCUT2D eigenvalue weighted by Crippen LogP contribution is -1.93. The summed E-state index contributed by atoms with van der Waals surface area (Å²) >= 11 is 0. The summed E-state index contributed by atoms with van der Waals surface area (Å²) in [4.78, 5) is 0. The van der Waals surface area contributed by atoms with Crippen LogP contribution < -0.4 is 0 Å². The zero-order valence-corrected chi connectivity index (χ0v) is 16.4. The molecule has 0 amide bonds. The van der Waals surface area contributed by atoms with Crippen LogP contribution in [0.1, 0.15) is 27.8 Å². The zero-order chi connectivity index (χ0) is 22.0. The minimum Gasteiger partial charge on any atom is -0.207 e. The lowest BCUT2D eigenvalue weighted by atomic mass is 10.1. The Morgan fingerprint density at radius 3 is 1.97 bits per heavy atom. The first-order valence-electron chi connectivity index (χ1n) is 9.37. The van der Waals surface area contributed by atoms with Gasteiger partial charge in [0.1, 0.15) is 23.3 Å². The molecule has 4 aromatic carbocycles. The topological polar surface area (TPSA) is 0 Å². The van der Waals surface area contributed by atoms with E-state index in [0.29, 0.717) is 10.9 Å². The van der Waals surface area contributed by atoms with Crippen LogP contribution in [0.3, 0.4) is 0 Å². The van der Waals surface area contributed by atoms with E-state index in [4.69, 9.17) is 0 Å². The first-order valence-corrected chi connectivity index (χ1v) is 9.37. The molecule has 0 atom stereocenters. The van der Waals surface area contributed by atoms with Gasteiger partial charge in [0.2, 0.25) is 0 Å². The number of rotatable bonds is 0. The molecule has 4 aromatic rings. The highest BCUT2D eigenvalue weighted by Gasteiger charge is 2.09. The van der Waals surface area contributed by atoms with E-state index in [-0.39, 0.29) is 22.5 Å². The first kappa shape index (κ1) is 20.3. The van der Waals surface area contributed by atoms with Crippen molar-refractivity contribution < 1.29 is 17.6 Å². The van der Waals surface area contributed by atoms with Crippen LogP contribution >= 0.6 is 0 Å². The Balaban J connectivity index is 1.63. The fourth-order valence-electron chi connectivity index (χ4n) is 3.05. The van der Waals surface area contributed by atoms with Gasteiger partial charge < -0.3 is 0 Å². The van der Waals surface area contributed by atoms with Crippen LogP contribution in [-0.4, -0.2) is 0 Å². The Kier molecular flexibility index (Phi) is 5.48. The van der Waals surface area contributed by atoms with Crippen LogP contribution in [0.25, 0.3) is 10.8 Å². The summed E-state index contributed by atoms with van der Waals surface area (Å²) in [5.41, 5.74) is 1.13. The van der Waals surface area contributed by atoms with E-state index in [0.717, 1.165) is 23.1 Å². The van der Waals surface area contributed by atoms with E-state index in [9.17, 15) is 17.6 Å². The maximum atomic E-state index is 14.4. The molecule has 0 unspecified atom stereocenters. The fourth-order valence-corrected chi connectivity index (χ4v) is 3.05. The quantitative estimate of drug-likeness (QED) is 0.227. The number of halogens is 4. The minimum absolute atomic E-state index is 0.0771. The first-order chi connectivity index (χ1) is 14.9. The van der Waals surface area contributed by atoms with Crippen molar-refractivity contribution in [3.05, 3.63) is 118 Å². The number of hydrogen-bond acceptors (Lipinski definition) is 0. The van der Waals surface area contributed by atoms with E-state index in [2.05, 4.69) is 23.7 Å². The third kappa shape index (κ3) is 4.60. The lowest BCUT2D eigenvalue weighted by molar-refractivity contribution is 0.577. The van der Waals surface area contributed by atoms with Gasteiger partial charge in [-0.1, -0.05) is 41.9 Å². The summed E-state index contributed by atoms with van der Waals surface area (Å²) in [6.45, 7) is 1.75.